The van der Waals surface area contributed by atoms with Crippen LogP contribution in [-0.4, -0.2) is 19.7 Å². The largest absolute Gasteiger partial charge is 0.493 e. The topological polar surface area (TPSA) is 21.3 Å². The molecule has 1 heterocycles. The molecule has 0 radical (unpaired) electrons. The molecule has 0 spiro atoms. The highest BCUT2D eigenvalue weighted by atomic mass is 35.5. The molecule has 1 fully saturated rings. The van der Waals surface area contributed by atoms with Gasteiger partial charge in [-0.3, -0.25) is 0 Å². The highest BCUT2D eigenvalue weighted by molar-refractivity contribution is 6.30. The molecule has 0 amide bonds. The molecule has 0 aromatic heterocycles. The van der Waals surface area contributed by atoms with Crippen molar-refractivity contribution in [2.45, 2.75) is 32.6 Å². The van der Waals surface area contributed by atoms with Crippen LogP contribution in [0, 0.1) is 5.92 Å². The van der Waals surface area contributed by atoms with Gasteiger partial charge in [-0.25, -0.2) is 0 Å². The highest BCUT2D eigenvalue weighted by Gasteiger charge is 2.13. The average molecular weight is 268 g/mol. The predicted octanol–water partition coefficient (Wildman–Crippen LogP) is 3.67. The van der Waals surface area contributed by atoms with E-state index in [0.29, 0.717) is 0 Å². The van der Waals surface area contributed by atoms with Crippen molar-refractivity contribution in [3.05, 3.63) is 28.8 Å². The minimum absolute atomic E-state index is 0.774. The van der Waals surface area contributed by atoms with E-state index in [1.54, 1.807) is 0 Å². The Balaban J connectivity index is 1.82. The van der Waals surface area contributed by atoms with E-state index >= 15 is 0 Å². The van der Waals surface area contributed by atoms with Gasteiger partial charge in [0.2, 0.25) is 0 Å². The fourth-order valence-electron chi connectivity index (χ4n) is 2.47. The molecule has 1 atom stereocenters. The summed E-state index contributed by atoms with van der Waals surface area (Å²) in [6.07, 6.45) is 4.73. The SMILES string of the molecule is CCc1cc(Cl)ccc1OCC[C@H]1CCCNC1. The molecular weight excluding hydrogens is 246 g/mol. The third-order valence-electron chi connectivity index (χ3n) is 3.59. The maximum absolute atomic E-state index is 5.99. The van der Waals surface area contributed by atoms with Crippen LogP contribution in [0.4, 0.5) is 0 Å². The maximum atomic E-state index is 5.99. The Morgan fingerprint density at radius 1 is 1.44 bits per heavy atom. The summed E-state index contributed by atoms with van der Waals surface area (Å²) in [5, 5.41) is 4.23. The Hall–Kier alpha value is -0.730. The zero-order chi connectivity index (χ0) is 12.8. The van der Waals surface area contributed by atoms with Crippen molar-refractivity contribution < 1.29 is 4.74 Å². The number of piperidine rings is 1. The number of rotatable bonds is 5. The van der Waals surface area contributed by atoms with Crippen molar-refractivity contribution in [1.29, 1.82) is 0 Å². The summed E-state index contributed by atoms with van der Waals surface area (Å²) in [4.78, 5) is 0. The molecule has 0 aliphatic carbocycles. The van der Waals surface area contributed by atoms with E-state index < -0.39 is 0 Å². The van der Waals surface area contributed by atoms with E-state index in [1.165, 1.54) is 24.9 Å². The van der Waals surface area contributed by atoms with E-state index in [4.69, 9.17) is 16.3 Å². The van der Waals surface area contributed by atoms with Gasteiger partial charge < -0.3 is 10.1 Å². The fraction of sp³-hybridized carbons (Fsp3) is 0.600. The van der Waals surface area contributed by atoms with Gasteiger partial charge in [-0.15, -0.1) is 0 Å². The van der Waals surface area contributed by atoms with Crippen LogP contribution in [0.15, 0.2) is 18.2 Å². The fourth-order valence-corrected chi connectivity index (χ4v) is 2.67. The van der Waals surface area contributed by atoms with Gasteiger partial charge in [0.1, 0.15) is 5.75 Å². The highest BCUT2D eigenvalue weighted by Crippen LogP contribution is 2.24. The summed E-state index contributed by atoms with van der Waals surface area (Å²) < 4.78 is 5.90. The number of aryl methyl sites for hydroxylation is 1. The normalized spacial score (nSPS) is 19.8. The van der Waals surface area contributed by atoms with Crippen LogP contribution in [0.25, 0.3) is 0 Å². The van der Waals surface area contributed by atoms with E-state index in [9.17, 15) is 0 Å². The molecule has 1 aliphatic rings. The first-order valence-corrected chi connectivity index (χ1v) is 7.29. The van der Waals surface area contributed by atoms with Crippen LogP contribution in [0.3, 0.4) is 0 Å². The molecule has 1 saturated heterocycles. The Morgan fingerprint density at radius 3 is 3.06 bits per heavy atom. The summed E-state index contributed by atoms with van der Waals surface area (Å²) >= 11 is 5.99. The van der Waals surface area contributed by atoms with Crippen LogP contribution in [0.5, 0.6) is 5.75 Å². The van der Waals surface area contributed by atoms with Crippen molar-refractivity contribution in [3.8, 4) is 5.75 Å². The molecule has 0 bridgehead atoms. The molecule has 100 valence electrons. The van der Waals surface area contributed by atoms with E-state index in [1.807, 2.05) is 18.2 Å². The third kappa shape index (κ3) is 3.89. The zero-order valence-corrected chi connectivity index (χ0v) is 11.8. The molecular formula is C15H22ClNO. The van der Waals surface area contributed by atoms with Crippen LogP contribution in [-0.2, 0) is 6.42 Å². The molecule has 1 N–H and O–H groups in total. The number of hydrogen-bond donors (Lipinski definition) is 1. The first-order valence-electron chi connectivity index (χ1n) is 6.91. The zero-order valence-electron chi connectivity index (χ0n) is 11.0. The van der Waals surface area contributed by atoms with Gasteiger partial charge in [0, 0.05) is 5.02 Å². The summed E-state index contributed by atoms with van der Waals surface area (Å²) in [5.74, 6) is 1.77. The lowest BCUT2D eigenvalue weighted by Gasteiger charge is -2.22. The molecule has 1 aromatic rings. The molecule has 1 aliphatic heterocycles. The molecule has 2 rings (SSSR count). The van der Waals surface area contributed by atoms with E-state index in [2.05, 4.69) is 12.2 Å². The molecule has 18 heavy (non-hydrogen) atoms. The first-order chi connectivity index (χ1) is 8.79. The molecule has 1 aromatic carbocycles. The predicted molar refractivity (Wildman–Crippen MR) is 76.5 cm³/mol. The number of nitrogens with one attached hydrogen (secondary N) is 1. The van der Waals surface area contributed by atoms with Gasteiger partial charge in [0.25, 0.3) is 0 Å². The monoisotopic (exact) mass is 267 g/mol. The minimum atomic E-state index is 0.774. The second kappa shape index (κ2) is 7.01. The summed E-state index contributed by atoms with van der Waals surface area (Å²) in [7, 11) is 0. The van der Waals surface area contributed by atoms with Crippen LogP contribution < -0.4 is 10.1 Å². The lowest BCUT2D eigenvalue weighted by Crippen LogP contribution is -2.30. The maximum Gasteiger partial charge on any atom is 0.122 e. The van der Waals surface area contributed by atoms with Crippen LogP contribution >= 0.6 is 11.6 Å². The Kier molecular flexibility index (Phi) is 5.33. The summed E-state index contributed by atoms with van der Waals surface area (Å²) in [5.41, 5.74) is 1.20. The second-order valence-corrected chi connectivity index (χ2v) is 5.39. The van der Waals surface area contributed by atoms with Crippen molar-refractivity contribution in [3.63, 3.8) is 0 Å². The van der Waals surface area contributed by atoms with Crippen LogP contribution in [0.2, 0.25) is 5.02 Å². The number of benzene rings is 1. The van der Waals surface area contributed by atoms with Crippen LogP contribution in [0.1, 0.15) is 31.7 Å². The molecule has 3 heteroatoms. The van der Waals surface area contributed by atoms with Gasteiger partial charge in [-0.05, 0) is 68.5 Å². The van der Waals surface area contributed by atoms with Crippen molar-refractivity contribution in [2.24, 2.45) is 5.92 Å². The van der Waals surface area contributed by atoms with Gasteiger partial charge in [0.15, 0.2) is 0 Å². The second-order valence-electron chi connectivity index (χ2n) is 4.96. The Bertz CT molecular complexity index is 375. The van der Waals surface area contributed by atoms with Gasteiger partial charge in [-0.1, -0.05) is 18.5 Å². The quantitative estimate of drug-likeness (QED) is 0.879. The number of halogens is 1. The third-order valence-corrected chi connectivity index (χ3v) is 3.82. The van der Waals surface area contributed by atoms with Gasteiger partial charge >= 0.3 is 0 Å². The standard InChI is InChI=1S/C15H22ClNO/c1-2-13-10-14(16)5-6-15(13)18-9-7-12-4-3-8-17-11-12/h5-6,10,12,17H,2-4,7-9,11H2,1H3/t12-/m1/s1. The Labute approximate surface area is 115 Å². The number of hydrogen-bond acceptors (Lipinski definition) is 2. The van der Waals surface area contributed by atoms with Crippen molar-refractivity contribution in [2.75, 3.05) is 19.7 Å². The van der Waals surface area contributed by atoms with E-state index in [0.717, 1.165) is 42.7 Å². The van der Waals surface area contributed by atoms with Gasteiger partial charge in [0.05, 0.1) is 6.61 Å². The molecule has 0 unspecified atom stereocenters. The lowest BCUT2D eigenvalue weighted by molar-refractivity contribution is 0.252. The van der Waals surface area contributed by atoms with Gasteiger partial charge in [-0.2, -0.15) is 0 Å². The summed E-state index contributed by atoms with van der Waals surface area (Å²) in [6, 6.07) is 5.89. The van der Waals surface area contributed by atoms with E-state index in [-0.39, 0.29) is 0 Å². The Morgan fingerprint density at radius 2 is 2.33 bits per heavy atom. The average Bonchev–Trinajstić information content (AvgIpc) is 2.41. The lowest BCUT2D eigenvalue weighted by atomic mass is 9.97. The smallest absolute Gasteiger partial charge is 0.122 e. The number of ether oxygens (including phenoxy) is 1. The van der Waals surface area contributed by atoms with Crippen molar-refractivity contribution >= 4 is 11.6 Å². The summed E-state index contributed by atoms with van der Waals surface area (Å²) in [6.45, 7) is 5.25. The molecule has 0 saturated carbocycles. The first kappa shape index (κ1) is 13.7. The molecule has 2 nitrogen and oxygen atoms in total. The van der Waals surface area contributed by atoms with Crippen molar-refractivity contribution in [1.82, 2.24) is 5.32 Å². The minimum Gasteiger partial charge on any atom is -0.493 e.